The standard InChI is InChI=1S/C30H24FN3O3/c1-20-6-2-3-7-22(20)19-33-27-9-5-4-8-26(27)29(36)34(30(33)37)25-16-10-21(11-17-25)18-28(35)32-24-14-12-23(31)13-15-24/h2-17H,18-19H2,1H3,(H,32,35). The van der Waals surface area contributed by atoms with Crippen molar-refractivity contribution in [3.8, 4) is 5.69 Å². The van der Waals surface area contributed by atoms with E-state index in [1.54, 1.807) is 47.0 Å². The molecule has 0 aliphatic heterocycles. The van der Waals surface area contributed by atoms with Crippen LogP contribution in [0.4, 0.5) is 10.1 Å². The number of halogens is 1. The van der Waals surface area contributed by atoms with Gasteiger partial charge in [0.05, 0.1) is 29.6 Å². The molecule has 0 saturated heterocycles. The first kappa shape index (κ1) is 23.9. The van der Waals surface area contributed by atoms with E-state index in [0.717, 1.165) is 11.1 Å². The molecule has 0 spiro atoms. The number of nitrogens with one attached hydrogen (secondary N) is 1. The summed E-state index contributed by atoms with van der Waals surface area (Å²) >= 11 is 0. The lowest BCUT2D eigenvalue weighted by molar-refractivity contribution is -0.115. The number of fused-ring (bicyclic) bond motifs is 1. The third-order valence-corrected chi connectivity index (χ3v) is 6.33. The molecule has 0 fully saturated rings. The van der Waals surface area contributed by atoms with Gasteiger partial charge in [-0.2, -0.15) is 0 Å². The molecule has 37 heavy (non-hydrogen) atoms. The van der Waals surface area contributed by atoms with E-state index in [2.05, 4.69) is 5.32 Å². The van der Waals surface area contributed by atoms with Crippen LogP contribution in [-0.2, 0) is 17.8 Å². The smallest absolute Gasteiger partial charge is 0.326 e. The Morgan fingerprint density at radius 3 is 2.24 bits per heavy atom. The van der Waals surface area contributed by atoms with Crippen LogP contribution in [0, 0.1) is 12.7 Å². The zero-order valence-corrected chi connectivity index (χ0v) is 20.1. The summed E-state index contributed by atoms with van der Waals surface area (Å²) in [5.41, 5.74) is 3.41. The van der Waals surface area contributed by atoms with Gasteiger partial charge < -0.3 is 5.32 Å². The molecule has 1 N–H and O–H groups in total. The molecule has 1 aromatic heterocycles. The minimum Gasteiger partial charge on any atom is -0.326 e. The zero-order valence-electron chi connectivity index (χ0n) is 20.1. The van der Waals surface area contributed by atoms with Gasteiger partial charge in [-0.15, -0.1) is 0 Å². The fourth-order valence-corrected chi connectivity index (χ4v) is 4.35. The largest absolute Gasteiger partial charge is 0.336 e. The molecule has 5 aromatic rings. The molecule has 0 aliphatic carbocycles. The number of carbonyl (C=O) groups is 1. The summed E-state index contributed by atoms with van der Waals surface area (Å²) in [4.78, 5) is 39.4. The van der Waals surface area contributed by atoms with Crippen molar-refractivity contribution in [2.45, 2.75) is 19.9 Å². The highest BCUT2D eigenvalue weighted by Crippen LogP contribution is 2.15. The van der Waals surface area contributed by atoms with E-state index in [4.69, 9.17) is 0 Å². The van der Waals surface area contributed by atoms with Gasteiger partial charge in [-0.05, 0) is 72.1 Å². The molecule has 0 aliphatic rings. The number of hydrogen-bond donors (Lipinski definition) is 1. The number of nitrogens with zero attached hydrogens (tertiary/aromatic N) is 2. The Morgan fingerprint density at radius 2 is 1.51 bits per heavy atom. The average molecular weight is 494 g/mol. The predicted octanol–water partition coefficient (Wildman–Crippen LogP) is 4.83. The Morgan fingerprint density at radius 1 is 0.838 bits per heavy atom. The third kappa shape index (κ3) is 4.97. The number of aryl methyl sites for hydroxylation is 1. The number of carbonyl (C=O) groups excluding carboxylic acids is 1. The first-order valence-corrected chi connectivity index (χ1v) is 11.8. The lowest BCUT2D eigenvalue weighted by Gasteiger charge is -2.15. The van der Waals surface area contributed by atoms with E-state index in [-0.39, 0.29) is 18.1 Å². The van der Waals surface area contributed by atoms with Gasteiger partial charge in [-0.1, -0.05) is 48.5 Å². The molecule has 184 valence electrons. The van der Waals surface area contributed by atoms with Gasteiger partial charge in [0.2, 0.25) is 5.91 Å². The molecular weight excluding hydrogens is 469 g/mol. The molecule has 4 aromatic carbocycles. The molecular formula is C30H24FN3O3. The Kier molecular flexibility index (Phi) is 6.51. The maximum Gasteiger partial charge on any atom is 0.336 e. The molecule has 5 rings (SSSR count). The third-order valence-electron chi connectivity index (χ3n) is 6.33. The summed E-state index contributed by atoms with van der Waals surface area (Å²) in [6, 6.07) is 27.2. The van der Waals surface area contributed by atoms with E-state index in [1.807, 2.05) is 37.3 Å². The monoisotopic (exact) mass is 493 g/mol. The number of hydrogen-bond acceptors (Lipinski definition) is 3. The number of aromatic nitrogens is 2. The summed E-state index contributed by atoms with van der Waals surface area (Å²) in [7, 11) is 0. The Hall–Kier alpha value is -4.78. The van der Waals surface area contributed by atoms with Crippen molar-refractivity contribution in [3.63, 3.8) is 0 Å². The molecule has 7 heteroatoms. The first-order valence-electron chi connectivity index (χ1n) is 11.8. The number of para-hydroxylation sites is 1. The summed E-state index contributed by atoms with van der Waals surface area (Å²) in [5.74, 6) is -0.640. The number of anilines is 1. The van der Waals surface area contributed by atoms with Crippen molar-refractivity contribution in [2.75, 3.05) is 5.32 Å². The van der Waals surface area contributed by atoms with Gasteiger partial charge in [0, 0.05) is 5.69 Å². The average Bonchev–Trinajstić information content (AvgIpc) is 2.90. The molecule has 0 bridgehead atoms. The van der Waals surface area contributed by atoms with Crippen molar-refractivity contribution in [1.82, 2.24) is 9.13 Å². The van der Waals surface area contributed by atoms with E-state index >= 15 is 0 Å². The summed E-state index contributed by atoms with van der Waals surface area (Å²) in [5, 5.41) is 3.17. The molecule has 0 atom stereocenters. The van der Waals surface area contributed by atoms with Crippen LogP contribution in [0.15, 0.2) is 107 Å². The van der Waals surface area contributed by atoms with Gasteiger partial charge >= 0.3 is 5.69 Å². The fourth-order valence-electron chi connectivity index (χ4n) is 4.35. The van der Waals surface area contributed by atoms with Crippen LogP contribution in [0.3, 0.4) is 0 Å². The molecule has 1 heterocycles. The Balaban J connectivity index is 1.48. The molecule has 6 nitrogen and oxygen atoms in total. The minimum absolute atomic E-state index is 0.0851. The van der Waals surface area contributed by atoms with Gasteiger partial charge in [-0.3, -0.25) is 14.2 Å². The van der Waals surface area contributed by atoms with Gasteiger partial charge in [0.1, 0.15) is 5.82 Å². The van der Waals surface area contributed by atoms with Crippen LogP contribution < -0.4 is 16.6 Å². The highest BCUT2D eigenvalue weighted by Gasteiger charge is 2.15. The van der Waals surface area contributed by atoms with Crippen molar-refractivity contribution >= 4 is 22.5 Å². The molecule has 0 saturated carbocycles. The van der Waals surface area contributed by atoms with E-state index in [9.17, 15) is 18.8 Å². The topological polar surface area (TPSA) is 73.1 Å². The van der Waals surface area contributed by atoms with Crippen molar-refractivity contribution in [3.05, 3.63) is 140 Å². The van der Waals surface area contributed by atoms with Crippen molar-refractivity contribution < 1.29 is 9.18 Å². The van der Waals surface area contributed by atoms with Crippen LogP contribution in [0.2, 0.25) is 0 Å². The quantitative estimate of drug-likeness (QED) is 0.368. The molecule has 0 radical (unpaired) electrons. The van der Waals surface area contributed by atoms with E-state index < -0.39 is 11.2 Å². The normalized spacial score (nSPS) is 11.0. The summed E-state index contributed by atoms with van der Waals surface area (Å²) in [6.45, 7) is 2.32. The van der Waals surface area contributed by atoms with Gasteiger partial charge in [-0.25, -0.2) is 13.8 Å². The van der Waals surface area contributed by atoms with Gasteiger partial charge in [0.15, 0.2) is 0 Å². The fraction of sp³-hybridized carbons (Fsp3) is 0.100. The summed E-state index contributed by atoms with van der Waals surface area (Å²) in [6.07, 6.45) is 0.0851. The molecule has 0 unspecified atom stereocenters. The lowest BCUT2D eigenvalue weighted by atomic mass is 10.1. The van der Waals surface area contributed by atoms with Crippen LogP contribution in [0.5, 0.6) is 0 Å². The van der Waals surface area contributed by atoms with E-state index in [0.29, 0.717) is 34.4 Å². The number of benzene rings is 4. The Bertz CT molecular complexity index is 1720. The van der Waals surface area contributed by atoms with Crippen LogP contribution in [0.1, 0.15) is 16.7 Å². The van der Waals surface area contributed by atoms with Crippen LogP contribution >= 0.6 is 0 Å². The van der Waals surface area contributed by atoms with Crippen molar-refractivity contribution in [2.24, 2.45) is 0 Å². The summed E-state index contributed by atoms with van der Waals surface area (Å²) < 4.78 is 15.9. The number of amides is 1. The maximum atomic E-state index is 13.6. The minimum atomic E-state index is -0.436. The second-order valence-corrected chi connectivity index (χ2v) is 8.85. The van der Waals surface area contributed by atoms with Gasteiger partial charge in [0.25, 0.3) is 5.56 Å². The van der Waals surface area contributed by atoms with Crippen molar-refractivity contribution in [1.29, 1.82) is 0 Å². The zero-order chi connectivity index (χ0) is 25.9. The van der Waals surface area contributed by atoms with Crippen LogP contribution in [0.25, 0.3) is 16.6 Å². The first-order chi connectivity index (χ1) is 17.9. The maximum absolute atomic E-state index is 13.6. The predicted molar refractivity (Wildman–Crippen MR) is 143 cm³/mol. The Labute approximate surface area is 212 Å². The highest BCUT2D eigenvalue weighted by atomic mass is 19.1. The highest BCUT2D eigenvalue weighted by molar-refractivity contribution is 5.92. The lowest BCUT2D eigenvalue weighted by Crippen LogP contribution is -2.39. The SMILES string of the molecule is Cc1ccccc1Cn1c(=O)n(-c2ccc(CC(=O)Nc3ccc(F)cc3)cc2)c(=O)c2ccccc21. The molecule has 1 amide bonds. The van der Waals surface area contributed by atoms with E-state index in [1.165, 1.54) is 28.8 Å². The second kappa shape index (κ2) is 10.1. The van der Waals surface area contributed by atoms with Crippen LogP contribution in [-0.4, -0.2) is 15.0 Å². The number of rotatable bonds is 6. The second-order valence-electron chi connectivity index (χ2n) is 8.85.